The molecule has 1 saturated heterocycles. The van der Waals surface area contributed by atoms with Crippen molar-refractivity contribution in [2.75, 3.05) is 30.3 Å². The average molecular weight is 276 g/mol. The van der Waals surface area contributed by atoms with Crippen LogP contribution in [0.15, 0.2) is 12.1 Å². The third-order valence-corrected chi connectivity index (χ3v) is 4.49. The molecule has 20 heavy (non-hydrogen) atoms. The molecule has 4 heteroatoms. The predicted octanol–water partition coefficient (Wildman–Crippen LogP) is 2.19. The lowest BCUT2D eigenvalue weighted by molar-refractivity contribution is 0.138. The van der Waals surface area contributed by atoms with Gasteiger partial charge in [0.05, 0.1) is 18.0 Å². The van der Waals surface area contributed by atoms with E-state index in [2.05, 4.69) is 31.7 Å². The highest BCUT2D eigenvalue weighted by Gasteiger charge is 2.36. The number of nitrogen functional groups attached to an aromatic ring is 1. The molecule has 0 bridgehead atoms. The number of anilines is 2. The number of nitrogens with zero attached hydrogens (tertiary/aromatic N) is 1. The Bertz CT molecular complexity index is 542. The zero-order chi connectivity index (χ0) is 14.5. The molecule has 1 fully saturated rings. The Kier molecular flexibility index (Phi) is 2.91. The molecule has 1 unspecified atom stereocenters. The van der Waals surface area contributed by atoms with Crippen LogP contribution in [0.3, 0.4) is 0 Å². The Labute approximate surface area is 120 Å². The second-order valence-electron chi connectivity index (χ2n) is 7.20. The maximum absolute atomic E-state index is 9.50. The molecule has 2 aliphatic rings. The second kappa shape index (κ2) is 4.29. The van der Waals surface area contributed by atoms with E-state index in [1.165, 1.54) is 5.56 Å². The van der Waals surface area contributed by atoms with Crippen LogP contribution in [-0.4, -0.2) is 30.4 Å². The number of aliphatic hydroxyl groups excluding tert-OH is 1. The van der Waals surface area contributed by atoms with E-state index in [4.69, 9.17) is 10.5 Å². The van der Waals surface area contributed by atoms with Crippen molar-refractivity contribution in [3.05, 3.63) is 17.7 Å². The molecule has 1 aromatic carbocycles. The van der Waals surface area contributed by atoms with E-state index in [1.54, 1.807) is 0 Å². The summed E-state index contributed by atoms with van der Waals surface area (Å²) in [7, 11) is 0. The summed E-state index contributed by atoms with van der Waals surface area (Å²) >= 11 is 0. The summed E-state index contributed by atoms with van der Waals surface area (Å²) in [6.45, 7) is 8.32. The molecular formula is C16H24N2O2. The van der Waals surface area contributed by atoms with E-state index >= 15 is 0 Å². The summed E-state index contributed by atoms with van der Waals surface area (Å²) in [6.07, 6.45) is 1.90. The van der Waals surface area contributed by atoms with Crippen molar-refractivity contribution in [2.24, 2.45) is 5.41 Å². The van der Waals surface area contributed by atoms with Crippen LogP contribution in [0.4, 0.5) is 11.4 Å². The van der Waals surface area contributed by atoms with Crippen LogP contribution >= 0.6 is 0 Å². The van der Waals surface area contributed by atoms with Crippen molar-refractivity contribution in [1.82, 2.24) is 0 Å². The first-order valence-corrected chi connectivity index (χ1v) is 7.29. The van der Waals surface area contributed by atoms with E-state index in [1.807, 2.05) is 6.07 Å². The molecular weight excluding hydrogens is 252 g/mol. The summed E-state index contributed by atoms with van der Waals surface area (Å²) in [4.78, 5) is 2.26. The van der Waals surface area contributed by atoms with Gasteiger partial charge in [0, 0.05) is 36.6 Å². The number of hydrogen-bond donors (Lipinski definition) is 2. The van der Waals surface area contributed by atoms with E-state index < -0.39 is 0 Å². The molecule has 0 spiro atoms. The lowest BCUT2D eigenvalue weighted by atomic mass is 9.91. The maximum atomic E-state index is 9.50. The fourth-order valence-electron chi connectivity index (χ4n) is 3.29. The van der Waals surface area contributed by atoms with Crippen LogP contribution in [0.5, 0.6) is 5.75 Å². The minimum Gasteiger partial charge on any atom is -0.487 e. The Balaban J connectivity index is 1.90. The minimum atomic E-state index is -0.141. The molecule has 0 aromatic heterocycles. The van der Waals surface area contributed by atoms with Crippen molar-refractivity contribution >= 4 is 11.4 Å². The average Bonchev–Trinajstić information content (AvgIpc) is 2.88. The highest BCUT2D eigenvalue weighted by Crippen LogP contribution is 2.42. The molecule has 3 N–H and O–H groups in total. The second-order valence-corrected chi connectivity index (χ2v) is 7.20. The van der Waals surface area contributed by atoms with E-state index in [9.17, 15) is 5.11 Å². The monoisotopic (exact) mass is 276 g/mol. The molecule has 1 aromatic rings. The van der Waals surface area contributed by atoms with Crippen LogP contribution in [0.1, 0.15) is 32.8 Å². The van der Waals surface area contributed by atoms with Gasteiger partial charge in [-0.3, -0.25) is 0 Å². The van der Waals surface area contributed by atoms with Gasteiger partial charge in [-0.05, 0) is 26.3 Å². The fraction of sp³-hybridized carbons (Fsp3) is 0.625. The Morgan fingerprint density at radius 3 is 2.75 bits per heavy atom. The van der Waals surface area contributed by atoms with Crippen LogP contribution < -0.4 is 15.4 Å². The Morgan fingerprint density at radius 2 is 2.10 bits per heavy atom. The van der Waals surface area contributed by atoms with Crippen molar-refractivity contribution in [3.8, 4) is 5.75 Å². The van der Waals surface area contributed by atoms with Crippen LogP contribution in [-0.2, 0) is 6.42 Å². The van der Waals surface area contributed by atoms with Crippen LogP contribution in [0.2, 0.25) is 0 Å². The van der Waals surface area contributed by atoms with Gasteiger partial charge in [0.1, 0.15) is 11.4 Å². The summed E-state index contributed by atoms with van der Waals surface area (Å²) in [6, 6.07) is 4.12. The first kappa shape index (κ1) is 13.6. The van der Waals surface area contributed by atoms with Crippen molar-refractivity contribution in [1.29, 1.82) is 0 Å². The summed E-state index contributed by atoms with van der Waals surface area (Å²) in [5, 5.41) is 9.50. The first-order chi connectivity index (χ1) is 9.32. The van der Waals surface area contributed by atoms with Gasteiger partial charge in [0.15, 0.2) is 0 Å². The standard InChI is InChI=1S/C16H24N2O2/c1-15(2)8-11-6-12(17)13(7-14(11)20-15)18-5-4-16(3,9-18)10-19/h6-7,19H,4-5,8-10,17H2,1-3H3. The lowest BCUT2D eigenvalue weighted by Crippen LogP contribution is -2.28. The molecule has 2 heterocycles. The Hall–Kier alpha value is -1.42. The van der Waals surface area contributed by atoms with Gasteiger partial charge in [-0.25, -0.2) is 0 Å². The maximum Gasteiger partial charge on any atom is 0.125 e. The van der Waals surface area contributed by atoms with Gasteiger partial charge >= 0.3 is 0 Å². The van der Waals surface area contributed by atoms with Gasteiger partial charge in [-0.2, -0.15) is 0 Å². The van der Waals surface area contributed by atoms with Gasteiger partial charge in [-0.1, -0.05) is 6.92 Å². The molecule has 2 aliphatic heterocycles. The number of benzene rings is 1. The topological polar surface area (TPSA) is 58.7 Å². The van der Waals surface area contributed by atoms with E-state index in [0.717, 1.165) is 43.1 Å². The van der Waals surface area contributed by atoms with Gasteiger partial charge < -0.3 is 20.5 Å². The van der Waals surface area contributed by atoms with Crippen molar-refractivity contribution in [3.63, 3.8) is 0 Å². The van der Waals surface area contributed by atoms with Crippen molar-refractivity contribution < 1.29 is 9.84 Å². The predicted molar refractivity (Wildman–Crippen MR) is 81.3 cm³/mol. The summed E-state index contributed by atoms with van der Waals surface area (Å²) < 4.78 is 6.00. The van der Waals surface area contributed by atoms with Gasteiger partial charge in [0.2, 0.25) is 0 Å². The molecule has 3 rings (SSSR count). The number of ether oxygens (including phenoxy) is 1. The summed E-state index contributed by atoms with van der Waals surface area (Å²) in [5.41, 5.74) is 9.12. The first-order valence-electron chi connectivity index (χ1n) is 7.29. The molecule has 110 valence electrons. The van der Waals surface area contributed by atoms with Gasteiger partial charge in [-0.15, -0.1) is 0 Å². The smallest absolute Gasteiger partial charge is 0.125 e. The van der Waals surface area contributed by atoms with Crippen LogP contribution in [0, 0.1) is 5.41 Å². The highest BCUT2D eigenvalue weighted by molar-refractivity contribution is 5.72. The molecule has 0 aliphatic carbocycles. The SMILES string of the molecule is CC1(CO)CCN(c2cc3c(cc2N)CC(C)(C)O3)C1. The molecule has 0 radical (unpaired) electrons. The lowest BCUT2D eigenvalue weighted by Gasteiger charge is -2.25. The molecule has 1 atom stereocenters. The molecule has 0 saturated carbocycles. The van der Waals surface area contributed by atoms with E-state index in [0.29, 0.717) is 0 Å². The number of aliphatic hydroxyl groups is 1. The quantitative estimate of drug-likeness (QED) is 0.813. The normalized spacial score (nSPS) is 27.5. The number of rotatable bonds is 2. The van der Waals surface area contributed by atoms with Crippen LogP contribution in [0.25, 0.3) is 0 Å². The third kappa shape index (κ3) is 2.22. The fourth-order valence-corrected chi connectivity index (χ4v) is 3.29. The minimum absolute atomic E-state index is 0.0222. The number of hydrogen-bond acceptors (Lipinski definition) is 4. The zero-order valence-electron chi connectivity index (χ0n) is 12.6. The third-order valence-electron chi connectivity index (χ3n) is 4.49. The van der Waals surface area contributed by atoms with E-state index in [-0.39, 0.29) is 17.6 Å². The molecule has 0 amide bonds. The number of fused-ring (bicyclic) bond motifs is 1. The summed E-state index contributed by atoms with van der Waals surface area (Å²) in [5.74, 6) is 0.955. The Morgan fingerprint density at radius 1 is 1.35 bits per heavy atom. The molecule has 4 nitrogen and oxygen atoms in total. The van der Waals surface area contributed by atoms with Crippen molar-refractivity contribution in [2.45, 2.75) is 39.2 Å². The highest BCUT2D eigenvalue weighted by atomic mass is 16.5. The number of nitrogens with two attached hydrogens (primary N) is 1. The van der Waals surface area contributed by atoms with Gasteiger partial charge in [0.25, 0.3) is 0 Å². The largest absolute Gasteiger partial charge is 0.487 e. The zero-order valence-corrected chi connectivity index (χ0v) is 12.6.